The van der Waals surface area contributed by atoms with Crippen LogP contribution in [0.15, 0.2) is 36.9 Å². The molecule has 0 unspecified atom stereocenters. The molecule has 134 valence electrons. The van der Waals surface area contributed by atoms with Gasteiger partial charge in [-0.05, 0) is 31.0 Å². The first kappa shape index (κ1) is 16.7. The average molecular weight is 342 g/mol. The molecular weight excluding hydrogens is 316 g/mol. The van der Waals surface area contributed by atoms with Gasteiger partial charge in [-0.25, -0.2) is 0 Å². The van der Waals surface area contributed by atoms with Gasteiger partial charge in [-0.15, -0.1) is 0 Å². The van der Waals surface area contributed by atoms with E-state index < -0.39 is 0 Å². The van der Waals surface area contributed by atoms with E-state index in [0.29, 0.717) is 12.5 Å². The molecule has 2 fully saturated rings. The van der Waals surface area contributed by atoms with E-state index in [4.69, 9.17) is 9.47 Å². The van der Waals surface area contributed by atoms with Crippen molar-refractivity contribution in [3.05, 3.63) is 48.0 Å². The van der Waals surface area contributed by atoms with Gasteiger partial charge in [-0.3, -0.25) is 14.6 Å². The van der Waals surface area contributed by atoms with Gasteiger partial charge in [0.15, 0.2) is 0 Å². The van der Waals surface area contributed by atoms with Gasteiger partial charge >= 0.3 is 0 Å². The first-order valence-electron chi connectivity index (χ1n) is 9.12. The molecule has 0 radical (unpaired) electrons. The third-order valence-electron chi connectivity index (χ3n) is 5.34. The molecular formula is C19H26N4O2. The zero-order valence-corrected chi connectivity index (χ0v) is 14.8. The summed E-state index contributed by atoms with van der Waals surface area (Å²) >= 11 is 0. The Hall–Kier alpha value is -1.76. The van der Waals surface area contributed by atoms with Crippen LogP contribution < -0.4 is 0 Å². The molecule has 2 aromatic heterocycles. The van der Waals surface area contributed by atoms with E-state index in [1.807, 2.05) is 35.4 Å². The van der Waals surface area contributed by atoms with E-state index >= 15 is 0 Å². The second-order valence-electron chi connectivity index (χ2n) is 7.12. The molecule has 1 atom stereocenters. The fourth-order valence-corrected chi connectivity index (χ4v) is 3.91. The monoisotopic (exact) mass is 342 g/mol. The third-order valence-corrected chi connectivity index (χ3v) is 5.34. The molecule has 1 spiro atoms. The smallest absolute Gasteiger partial charge is 0.0985 e. The summed E-state index contributed by atoms with van der Waals surface area (Å²) in [6.45, 7) is 8.24. The maximum absolute atomic E-state index is 6.13. The maximum atomic E-state index is 6.13. The molecule has 0 saturated carbocycles. The van der Waals surface area contributed by atoms with E-state index in [1.54, 1.807) is 0 Å². The van der Waals surface area contributed by atoms with Crippen LogP contribution in [0, 0.1) is 5.92 Å². The van der Waals surface area contributed by atoms with Gasteiger partial charge in [0.25, 0.3) is 0 Å². The van der Waals surface area contributed by atoms with Crippen molar-refractivity contribution in [3.8, 4) is 0 Å². The minimum Gasteiger partial charge on any atom is -0.376 e. The maximum Gasteiger partial charge on any atom is 0.0985 e. The van der Waals surface area contributed by atoms with Crippen LogP contribution in [0.4, 0.5) is 0 Å². The Kier molecular flexibility index (Phi) is 4.83. The molecule has 4 heterocycles. The van der Waals surface area contributed by atoms with Crippen molar-refractivity contribution in [3.63, 3.8) is 0 Å². The van der Waals surface area contributed by atoms with Crippen LogP contribution >= 0.6 is 0 Å². The Balaban J connectivity index is 1.26. The summed E-state index contributed by atoms with van der Waals surface area (Å²) in [7, 11) is 0. The molecule has 6 heteroatoms. The van der Waals surface area contributed by atoms with E-state index in [0.717, 1.165) is 45.8 Å². The minimum atomic E-state index is -0.000998. The van der Waals surface area contributed by atoms with E-state index in [9.17, 15) is 0 Å². The number of hydrogen-bond acceptors (Lipinski definition) is 5. The second-order valence-corrected chi connectivity index (χ2v) is 7.12. The number of nitrogens with zero attached hydrogens (tertiary/aromatic N) is 4. The molecule has 0 N–H and O–H groups in total. The molecule has 0 amide bonds. The summed E-state index contributed by atoms with van der Waals surface area (Å²) in [5.41, 5.74) is 2.45. The Morgan fingerprint density at radius 2 is 2.12 bits per heavy atom. The van der Waals surface area contributed by atoms with Crippen molar-refractivity contribution in [2.75, 3.05) is 26.3 Å². The lowest BCUT2D eigenvalue weighted by Gasteiger charge is -2.50. The highest BCUT2D eigenvalue weighted by atomic mass is 16.5. The molecule has 2 saturated heterocycles. The van der Waals surface area contributed by atoms with Crippen molar-refractivity contribution >= 4 is 0 Å². The first-order valence-corrected chi connectivity index (χ1v) is 9.12. The van der Waals surface area contributed by atoms with Crippen LogP contribution in [-0.4, -0.2) is 51.6 Å². The third kappa shape index (κ3) is 3.61. The van der Waals surface area contributed by atoms with Crippen molar-refractivity contribution in [2.45, 2.75) is 38.6 Å². The number of aryl methyl sites for hydroxylation is 1. The van der Waals surface area contributed by atoms with Crippen LogP contribution in [0.5, 0.6) is 0 Å². The first-order chi connectivity index (χ1) is 12.3. The number of likely N-dealkylation sites (tertiary alicyclic amines) is 1. The highest BCUT2D eigenvalue weighted by Crippen LogP contribution is 2.40. The van der Waals surface area contributed by atoms with Crippen molar-refractivity contribution < 1.29 is 9.47 Å². The summed E-state index contributed by atoms with van der Waals surface area (Å²) in [5, 5.41) is 4.35. The topological polar surface area (TPSA) is 52.4 Å². The standard InChI is InChI=1S/C19H26N4O2/c1-2-23-11-17(9-21-23)10-22-14-19(15-22)18(5-8-25-19)13-24-12-16-3-6-20-7-4-16/h3-4,6-7,9,11,18H,2,5,8,10,12-15H2,1H3/t18-/m0/s1. The quantitative estimate of drug-likeness (QED) is 0.771. The van der Waals surface area contributed by atoms with Gasteiger partial charge in [-0.1, -0.05) is 0 Å². The lowest BCUT2D eigenvalue weighted by Crippen LogP contribution is -2.64. The van der Waals surface area contributed by atoms with Crippen LogP contribution in [0.1, 0.15) is 24.5 Å². The summed E-state index contributed by atoms with van der Waals surface area (Å²) in [6, 6.07) is 4.00. The van der Waals surface area contributed by atoms with Crippen LogP contribution in [-0.2, 0) is 29.2 Å². The number of pyridine rings is 1. The highest BCUT2D eigenvalue weighted by molar-refractivity contribution is 5.11. The predicted molar refractivity (Wildman–Crippen MR) is 93.9 cm³/mol. The lowest BCUT2D eigenvalue weighted by atomic mass is 9.81. The second kappa shape index (κ2) is 7.23. The summed E-state index contributed by atoms with van der Waals surface area (Å²) in [6.07, 6.45) is 8.82. The average Bonchev–Trinajstić information content (AvgIpc) is 3.23. The molecule has 6 nitrogen and oxygen atoms in total. The number of aromatic nitrogens is 3. The molecule has 0 aliphatic carbocycles. The molecule has 0 bridgehead atoms. The largest absolute Gasteiger partial charge is 0.376 e. The number of ether oxygens (including phenoxy) is 2. The zero-order chi connectivity index (χ0) is 17.1. The molecule has 2 aliphatic rings. The van der Waals surface area contributed by atoms with Gasteiger partial charge in [-0.2, -0.15) is 5.10 Å². The Morgan fingerprint density at radius 3 is 2.88 bits per heavy atom. The van der Waals surface area contributed by atoms with E-state index in [1.165, 1.54) is 11.1 Å². The molecule has 2 aliphatic heterocycles. The lowest BCUT2D eigenvalue weighted by molar-refractivity contribution is -0.146. The fourth-order valence-electron chi connectivity index (χ4n) is 3.91. The minimum absolute atomic E-state index is 0.000998. The molecule has 4 rings (SSSR count). The van der Waals surface area contributed by atoms with Gasteiger partial charge < -0.3 is 9.47 Å². The Bertz CT molecular complexity index is 682. The van der Waals surface area contributed by atoms with E-state index in [-0.39, 0.29) is 5.60 Å². The molecule has 25 heavy (non-hydrogen) atoms. The van der Waals surface area contributed by atoms with Gasteiger partial charge in [0.05, 0.1) is 25.0 Å². The SMILES string of the molecule is CCn1cc(CN2CC3(C2)OCC[C@H]3COCc2ccncc2)cn1. The Labute approximate surface area is 148 Å². The van der Waals surface area contributed by atoms with Crippen molar-refractivity contribution in [2.24, 2.45) is 5.92 Å². The number of rotatable bonds is 7. The summed E-state index contributed by atoms with van der Waals surface area (Å²) in [5.74, 6) is 0.490. The fraction of sp³-hybridized carbons (Fsp3) is 0.579. The van der Waals surface area contributed by atoms with Gasteiger partial charge in [0.2, 0.25) is 0 Å². The zero-order valence-electron chi connectivity index (χ0n) is 14.8. The van der Waals surface area contributed by atoms with Crippen molar-refractivity contribution in [1.29, 1.82) is 0 Å². The Morgan fingerprint density at radius 1 is 1.28 bits per heavy atom. The summed E-state index contributed by atoms with van der Waals surface area (Å²) in [4.78, 5) is 6.48. The predicted octanol–water partition coefficient (Wildman–Crippen LogP) is 2.11. The highest BCUT2D eigenvalue weighted by Gasteiger charge is 2.52. The normalized spacial score (nSPS) is 22.4. The summed E-state index contributed by atoms with van der Waals surface area (Å²) < 4.78 is 14.1. The van der Waals surface area contributed by atoms with Crippen LogP contribution in [0.3, 0.4) is 0 Å². The van der Waals surface area contributed by atoms with Crippen molar-refractivity contribution in [1.82, 2.24) is 19.7 Å². The van der Waals surface area contributed by atoms with Crippen LogP contribution in [0.2, 0.25) is 0 Å². The van der Waals surface area contributed by atoms with Crippen LogP contribution in [0.25, 0.3) is 0 Å². The molecule has 0 aromatic carbocycles. The van der Waals surface area contributed by atoms with E-state index in [2.05, 4.69) is 28.1 Å². The van der Waals surface area contributed by atoms with Gasteiger partial charge in [0, 0.05) is 62.9 Å². The van der Waals surface area contributed by atoms with Gasteiger partial charge in [0.1, 0.15) is 0 Å². The molecule has 2 aromatic rings. The number of hydrogen-bond donors (Lipinski definition) is 0.